The molecule has 1 aliphatic rings. The minimum atomic E-state index is -0.777. The Morgan fingerprint density at radius 2 is 1.83 bits per heavy atom. The van der Waals surface area contributed by atoms with E-state index in [0.29, 0.717) is 57.5 Å². The zero-order valence-electron chi connectivity index (χ0n) is 26.4. The van der Waals surface area contributed by atoms with Crippen molar-refractivity contribution in [2.24, 2.45) is 35.3 Å². The van der Waals surface area contributed by atoms with E-state index >= 15 is 0 Å². The maximum atomic E-state index is 13.1. The van der Waals surface area contributed by atoms with Crippen LogP contribution in [0.3, 0.4) is 0 Å². The van der Waals surface area contributed by atoms with E-state index in [9.17, 15) is 9.90 Å². The van der Waals surface area contributed by atoms with Crippen molar-refractivity contribution in [2.75, 3.05) is 54.3 Å². The number of hydrogen-bond donors (Lipinski definition) is 3. The summed E-state index contributed by atoms with van der Waals surface area (Å²) in [6, 6.07) is 5.60. The van der Waals surface area contributed by atoms with Crippen molar-refractivity contribution in [3.05, 3.63) is 23.8 Å². The van der Waals surface area contributed by atoms with Gasteiger partial charge in [0.1, 0.15) is 0 Å². The Kier molecular flexibility index (Phi) is 16.0. The van der Waals surface area contributed by atoms with Gasteiger partial charge in [-0.15, -0.1) is 0 Å². The van der Waals surface area contributed by atoms with E-state index in [1.54, 1.807) is 21.3 Å². The molecule has 1 aromatic rings. The number of carbonyl (C=O) groups is 1. The first-order valence-electron chi connectivity index (χ1n) is 15.2. The topological polar surface area (TPSA) is 122 Å². The van der Waals surface area contributed by atoms with Gasteiger partial charge in [0.25, 0.3) is 0 Å². The van der Waals surface area contributed by atoms with Gasteiger partial charge in [-0.05, 0) is 61.1 Å². The number of ether oxygens (including phenoxy) is 5. The number of methoxy groups -OCH3 is 3. The van der Waals surface area contributed by atoms with Gasteiger partial charge in [-0.3, -0.25) is 4.79 Å². The van der Waals surface area contributed by atoms with Crippen LogP contribution in [0.2, 0.25) is 0 Å². The van der Waals surface area contributed by atoms with Gasteiger partial charge in [0.15, 0.2) is 11.5 Å². The molecule has 1 aromatic carbocycles. The average Bonchev–Trinajstić information content (AvgIpc) is 2.96. The molecule has 0 radical (unpaired) electrons. The first kappa shape index (κ1) is 35.3. The average molecular weight is 581 g/mol. The standard InChI is InChI=1S/C32H56N2O7/c1-21(2)25(13-23-9-10-30(39-7)31(15-23)41-12-8-11-37-5)16-28(33)29(35)17-27(22(3)4)32(36)34-18-24-14-26(38-6)20-40-19-24/h9-10,15,21-22,24-29,35H,8,11-14,16-20,33H2,1-7H3,(H,34,36)/t24-,25?,26-,27?,28?,29?/m0/s1. The van der Waals surface area contributed by atoms with Crippen LogP contribution in [-0.2, 0) is 25.4 Å². The Morgan fingerprint density at radius 1 is 1.07 bits per heavy atom. The first-order chi connectivity index (χ1) is 19.6. The Bertz CT molecular complexity index is 882. The summed E-state index contributed by atoms with van der Waals surface area (Å²) < 4.78 is 27.6. The summed E-state index contributed by atoms with van der Waals surface area (Å²) in [7, 11) is 5.00. The van der Waals surface area contributed by atoms with E-state index in [1.165, 1.54) is 0 Å². The van der Waals surface area contributed by atoms with E-state index in [0.717, 1.165) is 30.6 Å². The van der Waals surface area contributed by atoms with Crippen molar-refractivity contribution in [2.45, 2.75) is 78.0 Å². The van der Waals surface area contributed by atoms with Crippen molar-refractivity contribution < 1.29 is 33.6 Å². The summed E-state index contributed by atoms with van der Waals surface area (Å²) >= 11 is 0. The van der Waals surface area contributed by atoms with Crippen LogP contribution in [0.15, 0.2) is 18.2 Å². The molecule has 0 spiro atoms. The molecule has 1 saturated heterocycles. The zero-order chi connectivity index (χ0) is 30.4. The fourth-order valence-corrected chi connectivity index (χ4v) is 5.42. The van der Waals surface area contributed by atoms with Crippen molar-refractivity contribution in [3.63, 3.8) is 0 Å². The fourth-order valence-electron chi connectivity index (χ4n) is 5.42. The van der Waals surface area contributed by atoms with Crippen LogP contribution >= 0.6 is 0 Å². The minimum absolute atomic E-state index is 0.0394. The molecule has 9 nitrogen and oxygen atoms in total. The highest BCUT2D eigenvalue weighted by molar-refractivity contribution is 5.78. The molecule has 1 heterocycles. The van der Waals surface area contributed by atoms with E-state index < -0.39 is 12.1 Å². The van der Waals surface area contributed by atoms with Crippen LogP contribution in [-0.4, -0.2) is 83.6 Å². The number of nitrogens with one attached hydrogen (secondary N) is 1. The number of carbonyl (C=O) groups excluding carboxylic acids is 1. The number of hydrogen-bond acceptors (Lipinski definition) is 8. The van der Waals surface area contributed by atoms with Crippen molar-refractivity contribution in [3.8, 4) is 11.5 Å². The maximum Gasteiger partial charge on any atom is 0.223 e. The van der Waals surface area contributed by atoms with Gasteiger partial charge in [-0.2, -0.15) is 0 Å². The molecule has 236 valence electrons. The first-order valence-corrected chi connectivity index (χ1v) is 15.2. The Hall–Kier alpha value is -1.91. The molecule has 4 N–H and O–H groups in total. The fraction of sp³-hybridized carbons (Fsp3) is 0.781. The van der Waals surface area contributed by atoms with Crippen LogP contribution in [0.25, 0.3) is 0 Å². The van der Waals surface area contributed by atoms with Crippen LogP contribution in [0, 0.1) is 29.6 Å². The lowest BCUT2D eigenvalue weighted by atomic mass is 9.80. The van der Waals surface area contributed by atoms with Gasteiger partial charge >= 0.3 is 0 Å². The third kappa shape index (κ3) is 12.1. The smallest absolute Gasteiger partial charge is 0.223 e. The summed E-state index contributed by atoms with van der Waals surface area (Å²) in [5, 5.41) is 14.2. The van der Waals surface area contributed by atoms with Gasteiger partial charge in [0, 0.05) is 51.7 Å². The van der Waals surface area contributed by atoms with Gasteiger partial charge in [-0.25, -0.2) is 0 Å². The van der Waals surface area contributed by atoms with Gasteiger partial charge < -0.3 is 39.8 Å². The SMILES string of the molecule is COCCCOc1cc(CC(CC(N)C(O)CC(C(=O)NC[C@H]2COC[C@@H](OC)C2)C(C)C)C(C)C)ccc1OC. The van der Waals surface area contributed by atoms with E-state index in [4.69, 9.17) is 29.4 Å². The van der Waals surface area contributed by atoms with Crippen molar-refractivity contribution in [1.82, 2.24) is 5.32 Å². The summed E-state index contributed by atoms with van der Waals surface area (Å²) in [6.07, 6.45) is 2.74. The monoisotopic (exact) mass is 580 g/mol. The molecule has 0 bridgehead atoms. The van der Waals surface area contributed by atoms with Gasteiger partial charge in [-0.1, -0.05) is 33.8 Å². The molecule has 1 fully saturated rings. The molecule has 41 heavy (non-hydrogen) atoms. The second kappa shape index (κ2) is 18.6. The molecular weight excluding hydrogens is 524 g/mol. The third-order valence-electron chi connectivity index (χ3n) is 8.28. The number of aliphatic hydroxyl groups excluding tert-OH is 1. The van der Waals surface area contributed by atoms with E-state index in [-0.39, 0.29) is 35.7 Å². The molecule has 4 unspecified atom stereocenters. The lowest BCUT2D eigenvalue weighted by Crippen LogP contribution is -2.44. The molecule has 1 amide bonds. The quantitative estimate of drug-likeness (QED) is 0.211. The maximum absolute atomic E-state index is 13.1. The second-order valence-corrected chi connectivity index (χ2v) is 12.2. The highest BCUT2D eigenvalue weighted by Gasteiger charge is 2.31. The molecule has 0 saturated carbocycles. The molecule has 6 atom stereocenters. The lowest BCUT2D eigenvalue weighted by Gasteiger charge is -2.31. The number of benzene rings is 1. The van der Waals surface area contributed by atoms with Crippen LogP contribution in [0.4, 0.5) is 0 Å². The highest BCUT2D eigenvalue weighted by Crippen LogP contribution is 2.32. The Morgan fingerprint density at radius 3 is 2.46 bits per heavy atom. The lowest BCUT2D eigenvalue weighted by molar-refractivity contribution is -0.128. The normalized spacial score (nSPS) is 20.5. The van der Waals surface area contributed by atoms with E-state index in [1.807, 2.05) is 26.0 Å². The number of nitrogens with two attached hydrogens (primary N) is 1. The molecular formula is C32H56N2O7. The largest absolute Gasteiger partial charge is 0.493 e. The highest BCUT2D eigenvalue weighted by atomic mass is 16.5. The Labute approximate surface area is 247 Å². The van der Waals surface area contributed by atoms with Crippen molar-refractivity contribution >= 4 is 5.91 Å². The number of amides is 1. The summed E-state index contributed by atoms with van der Waals surface area (Å²) in [6.45, 7) is 11.3. The van der Waals surface area contributed by atoms with Crippen molar-refractivity contribution in [1.29, 1.82) is 0 Å². The third-order valence-corrected chi connectivity index (χ3v) is 8.28. The minimum Gasteiger partial charge on any atom is -0.493 e. The van der Waals surface area contributed by atoms with Gasteiger partial charge in [0.2, 0.25) is 5.91 Å². The molecule has 0 aromatic heterocycles. The predicted octanol–water partition coefficient (Wildman–Crippen LogP) is 3.83. The molecule has 1 aliphatic heterocycles. The number of aliphatic hydroxyl groups is 1. The molecule has 2 rings (SSSR count). The summed E-state index contributed by atoms with van der Waals surface area (Å²) in [5.74, 6) is 1.97. The second-order valence-electron chi connectivity index (χ2n) is 12.2. The van der Waals surface area contributed by atoms with Crippen LogP contribution in [0.5, 0.6) is 11.5 Å². The van der Waals surface area contributed by atoms with Gasteiger partial charge in [0.05, 0.1) is 39.1 Å². The van der Waals surface area contributed by atoms with Crippen LogP contribution < -0.4 is 20.5 Å². The zero-order valence-corrected chi connectivity index (χ0v) is 26.4. The predicted molar refractivity (Wildman–Crippen MR) is 161 cm³/mol. The van der Waals surface area contributed by atoms with E-state index in [2.05, 4.69) is 25.2 Å². The van der Waals surface area contributed by atoms with Crippen LogP contribution in [0.1, 0.15) is 58.9 Å². The Balaban J connectivity index is 1.97. The number of rotatable bonds is 19. The molecule has 9 heteroatoms. The summed E-state index contributed by atoms with van der Waals surface area (Å²) in [4.78, 5) is 13.1. The summed E-state index contributed by atoms with van der Waals surface area (Å²) in [5.41, 5.74) is 7.71. The molecule has 0 aliphatic carbocycles.